The standard InChI is InChI=1S/C45H32N2.C42H26N2O.C42H26N2S/c1-45(2)39-17-9-6-14-33(39)36-28-32(22-23-40(36)45)47-42-19-11-8-16-35(42)38-27-30(21-25-44(38)47)29-20-24-43-37(26-29)34-15-7-10-18-41(34)46(43)31-12-4-3-5-13-31;1-2-11-29(12-3-1)43-36-17-7-4-13-30(36)34-25-27(21-23-38(34)43)28-22-24-39-35(26-28)31-14-5-8-18-37(31)44(39)40-19-10-16-33-32-15-6-9-20-41(32)45-42(33)40;1-2-11-29(12-3-1)43-35-16-7-4-13-30(35)33-25-27(21-23-37(33)43)28-22-24-38-34(26-28)31-14-5-8-17-36(31)44(38)39-18-10-20-41-42(39)32-15-6-9-19-40(32)45-41/h3-28H,1-2H3;2*1-26H. The van der Waals surface area contributed by atoms with E-state index in [1.807, 2.05) is 23.5 Å². The molecule has 0 saturated heterocycles. The molecule has 0 atom stereocenters. The monoisotopic (exact) mass is 1760 g/mol. The van der Waals surface area contributed by atoms with Crippen LogP contribution in [0.1, 0.15) is 25.0 Å². The number of thiophene rings is 1. The molecule has 0 spiro atoms. The summed E-state index contributed by atoms with van der Waals surface area (Å²) in [5, 5.41) is 20.0. The van der Waals surface area contributed by atoms with Gasteiger partial charge in [-0.1, -0.05) is 299 Å². The minimum atomic E-state index is -0.00527. The Morgan fingerprint density at radius 1 is 0.190 bits per heavy atom. The minimum Gasteiger partial charge on any atom is -0.454 e. The lowest BCUT2D eigenvalue weighted by Gasteiger charge is -2.21. The Morgan fingerprint density at radius 3 is 0.920 bits per heavy atom. The van der Waals surface area contributed by atoms with Crippen molar-refractivity contribution in [2.45, 2.75) is 19.3 Å². The average Bonchev–Trinajstić information content (AvgIpc) is 1.57. The summed E-state index contributed by atoms with van der Waals surface area (Å²) in [5.41, 5.74) is 36.2. The first-order valence-electron chi connectivity index (χ1n) is 47.2. The quantitative estimate of drug-likeness (QED) is 0.142. The third kappa shape index (κ3) is 12.1. The molecule has 0 N–H and O–H groups in total. The van der Waals surface area contributed by atoms with E-state index in [1.165, 1.54) is 230 Å². The molecule has 0 radical (unpaired) electrons. The van der Waals surface area contributed by atoms with Crippen LogP contribution < -0.4 is 0 Å². The molecule has 1 aliphatic carbocycles. The lowest BCUT2D eigenvalue weighted by Crippen LogP contribution is -2.14. The molecule has 0 aliphatic heterocycles. The van der Waals surface area contributed by atoms with Gasteiger partial charge in [-0.15, -0.1) is 11.3 Å². The highest BCUT2D eigenvalue weighted by Gasteiger charge is 2.36. The van der Waals surface area contributed by atoms with Crippen LogP contribution in [0.3, 0.4) is 0 Å². The van der Waals surface area contributed by atoms with Crippen molar-refractivity contribution >= 4 is 184 Å². The topological polar surface area (TPSA) is 42.7 Å². The van der Waals surface area contributed by atoms with Crippen molar-refractivity contribution in [1.29, 1.82) is 0 Å². The van der Waals surface area contributed by atoms with Crippen molar-refractivity contribution in [2.75, 3.05) is 0 Å². The summed E-state index contributed by atoms with van der Waals surface area (Å²) in [6.45, 7) is 4.69. The summed E-state index contributed by atoms with van der Waals surface area (Å²) < 4.78 is 23.5. The van der Waals surface area contributed by atoms with Crippen LogP contribution in [0.4, 0.5) is 0 Å². The van der Waals surface area contributed by atoms with E-state index < -0.39 is 0 Å². The first-order valence-corrected chi connectivity index (χ1v) is 48.0. The van der Waals surface area contributed by atoms with Crippen molar-refractivity contribution in [2.24, 2.45) is 0 Å². The molecule has 0 saturated carbocycles. The SMILES string of the molecule is CC1(C)c2ccccc2-c2cc(-n3c4ccccc4c4cc(-c5ccc6c(c5)c5ccccc5n6-c5ccccc5)ccc43)ccc21.c1ccc(-n2c3ccccc3c3cc(-c4ccc5c(c4)c4ccccc4n5-c4cccc5c4oc4ccccc45)ccc32)cc1.c1ccc(-n2c3ccccc3c3cc(-c4ccc5c(c4)c4ccccc4n5-c4cccc5sc6ccccc6c45)ccc32)cc1. The molecule has 0 fully saturated rings. The molecule has 642 valence electrons. The third-order valence-corrected chi connectivity index (χ3v) is 30.3. The Hall–Kier alpha value is -17.6. The first kappa shape index (κ1) is 78.1. The highest BCUT2D eigenvalue weighted by atomic mass is 32.1. The molecule has 0 bridgehead atoms. The molecular weight excluding hydrogens is 1680 g/mol. The van der Waals surface area contributed by atoms with Gasteiger partial charge in [-0.05, 0) is 244 Å². The van der Waals surface area contributed by atoms with Crippen LogP contribution in [0.2, 0.25) is 0 Å². The lowest BCUT2D eigenvalue weighted by atomic mass is 9.82. The van der Waals surface area contributed by atoms with Gasteiger partial charge in [0.15, 0.2) is 5.58 Å². The fourth-order valence-electron chi connectivity index (χ4n) is 23.0. The predicted molar refractivity (Wildman–Crippen MR) is 579 cm³/mol. The molecule has 8 heteroatoms. The van der Waals surface area contributed by atoms with Crippen LogP contribution in [-0.4, -0.2) is 27.4 Å². The fourth-order valence-corrected chi connectivity index (χ4v) is 24.1. The Balaban J connectivity index is 0.000000102. The number of rotatable bonds is 9. The molecular formula is C129H84N6OS. The summed E-state index contributed by atoms with van der Waals surface area (Å²) in [4.78, 5) is 0. The zero-order chi connectivity index (χ0) is 90.2. The van der Waals surface area contributed by atoms with E-state index in [1.54, 1.807) is 0 Å². The van der Waals surface area contributed by atoms with Crippen LogP contribution in [0.5, 0.6) is 0 Å². The second-order valence-corrected chi connectivity index (χ2v) is 38.0. The smallest absolute Gasteiger partial charge is 0.159 e. The van der Waals surface area contributed by atoms with Gasteiger partial charge in [-0.25, -0.2) is 0 Å². The Kier molecular flexibility index (Phi) is 17.5. The van der Waals surface area contributed by atoms with Crippen LogP contribution in [-0.2, 0) is 5.41 Å². The summed E-state index contributed by atoms with van der Waals surface area (Å²) in [6.07, 6.45) is 0. The van der Waals surface area contributed by atoms with Crippen LogP contribution in [0.25, 0.3) is 252 Å². The van der Waals surface area contributed by atoms with E-state index in [4.69, 9.17) is 4.42 Å². The molecule has 7 nitrogen and oxygen atoms in total. The molecule has 29 aromatic rings. The molecule has 1 aliphatic rings. The maximum absolute atomic E-state index is 6.49. The van der Waals surface area contributed by atoms with E-state index >= 15 is 0 Å². The molecule has 30 rings (SSSR count). The molecule has 21 aromatic carbocycles. The molecule has 137 heavy (non-hydrogen) atoms. The Labute approximate surface area is 792 Å². The predicted octanol–water partition coefficient (Wildman–Crippen LogP) is 35.2. The Morgan fingerprint density at radius 2 is 0.489 bits per heavy atom. The van der Waals surface area contributed by atoms with E-state index in [9.17, 15) is 0 Å². The van der Waals surface area contributed by atoms with E-state index in [0.29, 0.717) is 0 Å². The maximum Gasteiger partial charge on any atom is 0.159 e. The van der Waals surface area contributed by atoms with Crippen molar-refractivity contribution in [3.05, 3.63) is 484 Å². The maximum atomic E-state index is 6.49. The molecule has 0 unspecified atom stereocenters. The van der Waals surface area contributed by atoms with Gasteiger partial charge in [0.05, 0.1) is 77.6 Å². The summed E-state index contributed by atoms with van der Waals surface area (Å²) in [6, 6.07) is 172. The van der Waals surface area contributed by atoms with E-state index in [0.717, 1.165) is 33.1 Å². The van der Waals surface area contributed by atoms with Crippen LogP contribution >= 0.6 is 11.3 Å². The highest BCUT2D eigenvalue weighted by Crippen LogP contribution is 2.52. The third-order valence-electron chi connectivity index (χ3n) is 29.1. The minimum absolute atomic E-state index is 0.00527. The number of hydrogen-bond acceptors (Lipinski definition) is 2. The lowest BCUT2D eigenvalue weighted by molar-refractivity contribution is 0.660. The second-order valence-electron chi connectivity index (χ2n) is 36.9. The van der Waals surface area contributed by atoms with Gasteiger partial charge in [0.1, 0.15) is 5.58 Å². The first-order chi connectivity index (χ1) is 67.7. The Bertz CT molecular complexity index is 10000. The van der Waals surface area contributed by atoms with Crippen molar-refractivity contribution < 1.29 is 4.42 Å². The van der Waals surface area contributed by atoms with Gasteiger partial charge in [0.2, 0.25) is 0 Å². The second kappa shape index (κ2) is 30.8. The highest BCUT2D eigenvalue weighted by molar-refractivity contribution is 7.25. The van der Waals surface area contributed by atoms with Gasteiger partial charge in [0, 0.05) is 124 Å². The van der Waals surface area contributed by atoms with Crippen molar-refractivity contribution in [3.63, 3.8) is 0 Å². The van der Waals surface area contributed by atoms with E-state index in [-0.39, 0.29) is 5.41 Å². The average molecular weight is 1770 g/mol. The van der Waals surface area contributed by atoms with Crippen molar-refractivity contribution in [3.8, 4) is 78.6 Å². The van der Waals surface area contributed by atoms with Crippen molar-refractivity contribution in [1.82, 2.24) is 27.4 Å². The van der Waals surface area contributed by atoms with Gasteiger partial charge in [-0.3, -0.25) is 0 Å². The molecule has 8 heterocycles. The van der Waals surface area contributed by atoms with E-state index in [2.05, 4.69) is 502 Å². The number of para-hydroxylation sites is 11. The number of fused-ring (bicyclic) bond motifs is 27. The van der Waals surface area contributed by atoms with Gasteiger partial charge in [0.25, 0.3) is 0 Å². The van der Waals surface area contributed by atoms with Gasteiger partial charge < -0.3 is 31.8 Å². The number of aromatic nitrogens is 6. The molecule has 8 aromatic heterocycles. The summed E-state index contributed by atoms with van der Waals surface area (Å²) >= 11 is 1.87. The van der Waals surface area contributed by atoms with Gasteiger partial charge >= 0.3 is 0 Å². The largest absolute Gasteiger partial charge is 0.454 e. The number of nitrogens with zero attached hydrogens (tertiary/aromatic N) is 6. The van der Waals surface area contributed by atoms with Crippen LogP contribution in [0.15, 0.2) is 478 Å². The molecule has 0 amide bonds. The summed E-state index contributed by atoms with van der Waals surface area (Å²) in [5.74, 6) is 0. The fraction of sp³-hybridized carbons (Fsp3) is 0.0233. The zero-order valence-electron chi connectivity index (χ0n) is 75.0. The van der Waals surface area contributed by atoms with Crippen LogP contribution in [0, 0.1) is 0 Å². The zero-order valence-corrected chi connectivity index (χ0v) is 75.8. The number of furan rings is 1. The number of hydrogen-bond donors (Lipinski definition) is 0. The normalized spacial score (nSPS) is 12.5. The summed E-state index contributed by atoms with van der Waals surface area (Å²) in [7, 11) is 0. The van der Waals surface area contributed by atoms with Gasteiger partial charge in [-0.2, -0.15) is 0 Å². The number of benzene rings is 21.